The van der Waals surface area contributed by atoms with Crippen LogP contribution < -0.4 is 16.4 Å². The zero-order chi connectivity index (χ0) is 28.2. The summed E-state index contributed by atoms with van der Waals surface area (Å²) in [7, 11) is 0. The Morgan fingerprint density at radius 2 is 1.64 bits per heavy atom. The van der Waals surface area contributed by atoms with E-state index in [4.69, 9.17) is 17.3 Å². The standard InChI is InChI=1S/C28H24ClF3N4O3/c29-20-13-7-12-19-22(17-10-5-2-6-11-17)34-25(27(39)35-23(19)20)36-26(38)18(14-15-28(30,31)32)21(24(33)37)16-8-3-1-4-9-16/h1-13,18,21,25H,14-15H2,(H2,33,37)(H,35,39)(H,36,38)/t18?,21?,25-/m1/s1. The third kappa shape index (κ3) is 6.64. The van der Waals surface area contributed by atoms with Gasteiger partial charge in [-0.1, -0.05) is 84.4 Å². The first kappa shape index (κ1) is 27.8. The number of hydrogen-bond donors (Lipinski definition) is 3. The summed E-state index contributed by atoms with van der Waals surface area (Å²) in [5.74, 6) is -5.59. The van der Waals surface area contributed by atoms with E-state index < -0.39 is 54.7 Å². The summed E-state index contributed by atoms with van der Waals surface area (Å²) in [6.07, 6.45) is -8.19. The van der Waals surface area contributed by atoms with Crippen molar-refractivity contribution in [2.75, 3.05) is 5.32 Å². The van der Waals surface area contributed by atoms with Crippen LogP contribution >= 0.6 is 11.6 Å². The summed E-state index contributed by atoms with van der Waals surface area (Å²) in [5, 5.41) is 5.33. The van der Waals surface area contributed by atoms with Gasteiger partial charge < -0.3 is 16.4 Å². The Labute approximate surface area is 227 Å². The average Bonchev–Trinajstić information content (AvgIpc) is 3.04. The number of carbonyl (C=O) groups excluding carboxylic acids is 3. The topological polar surface area (TPSA) is 114 Å². The number of nitrogens with one attached hydrogen (secondary N) is 2. The number of primary amides is 1. The zero-order valence-corrected chi connectivity index (χ0v) is 21.2. The van der Waals surface area contributed by atoms with E-state index in [1.807, 2.05) is 0 Å². The van der Waals surface area contributed by atoms with E-state index in [0.29, 0.717) is 16.8 Å². The van der Waals surface area contributed by atoms with Gasteiger partial charge in [0.05, 0.1) is 28.3 Å². The number of aliphatic imine (C=N–C) groups is 1. The molecule has 1 heterocycles. The van der Waals surface area contributed by atoms with E-state index >= 15 is 0 Å². The summed E-state index contributed by atoms with van der Waals surface area (Å²) in [6, 6.07) is 21.6. The van der Waals surface area contributed by atoms with E-state index in [2.05, 4.69) is 15.6 Å². The van der Waals surface area contributed by atoms with Gasteiger partial charge >= 0.3 is 6.18 Å². The molecule has 1 aliphatic rings. The van der Waals surface area contributed by atoms with Crippen LogP contribution in [-0.4, -0.2) is 35.8 Å². The van der Waals surface area contributed by atoms with Gasteiger partial charge in [-0.3, -0.25) is 14.4 Å². The Hall–Kier alpha value is -4.18. The van der Waals surface area contributed by atoms with Crippen LogP contribution in [0.5, 0.6) is 0 Å². The van der Waals surface area contributed by atoms with Crippen molar-refractivity contribution in [3.8, 4) is 0 Å². The molecule has 39 heavy (non-hydrogen) atoms. The predicted octanol–water partition coefficient (Wildman–Crippen LogP) is 4.80. The molecule has 0 aliphatic carbocycles. The largest absolute Gasteiger partial charge is 0.389 e. The quantitative estimate of drug-likeness (QED) is 0.370. The van der Waals surface area contributed by atoms with Gasteiger partial charge in [0.1, 0.15) is 0 Å². The lowest BCUT2D eigenvalue weighted by Crippen LogP contribution is -2.47. The van der Waals surface area contributed by atoms with Gasteiger partial charge in [-0.15, -0.1) is 0 Å². The highest BCUT2D eigenvalue weighted by Gasteiger charge is 2.39. The molecule has 0 saturated carbocycles. The number of nitrogens with two attached hydrogens (primary N) is 1. The lowest BCUT2D eigenvalue weighted by Gasteiger charge is -2.26. The molecule has 3 amide bonds. The number of hydrogen-bond acceptors (Lipinski definition) is 4. The number of benzodiazepines with no additional fused rings is 1. The predicted molar refractivity (Wildman–Crippen MR) is 141 cm³/mol. The number of carbonyl (C=O) groups is 3. The molecule has 7 nitrogen and oxygen atoms in total. The average molecular weight is 557 g/mol. The van der Waals surface area contributed by atoms with E-state index in [-0.39, 0.29) is 16.3 Å². The molecule has 4 N–H and O–H groups in total. The molecular formula is C28H24ClF3N4O3. The molecule has 3 atom stereocenters. The van der Waals surface area contributed by atoms with Gasteiger partial charge in [0.25, 0.3) is 5.91 Å². The first-order valence-electron chi connectivity index (χ1n) is 12.0. The molecule has 11 heteroatoms. The summed E-state index contributed by atoms with van der Waals surface area (Å²) in [6.45, 7) is 0. The molecule has 2 unspecified atom stereocenters. The Bertz CT molecular complexity index is 1400. The molecule has 4 rings (SSSR count). The Balaban J connectivity index is 1.73. The number of rotatable bonds is 8. The van der Waals surface area contributed by atoms with Crippen molar-refractivity contribution >= 4 is 40.7 Å². The van der Waals surface area contributed by atoms with E-state index in [9.17, 15) is 27.6 Å². The molecule has 3 aromatic rings. The highest BCUT2D eigenvalue weighted by Crippen LogP contribution is 2.34. The number of benzene rings is 3. The summed E-state index contributed by atoms with van der Waals surface area (Å²) in [5.41, 5.74) is 7.58. The van der Waals surface area contributed by atoms with Crippen LogP contribution in [-0.2, 0) is 14.4 Å². The number of fused-ring (bicyclic) bond motifs is 1. The van der Waals surface area contributed by atoms with Gasteiger partial charge in [0, 0.05) is 17.5 Å². The van der Waals surface area contributed by atoms with Crippen LogP contribution in [0.25, 0.3) is 0 Å². The third-order valence-corrected chi connectivity index (χ3v) is 6.61. The number of nitrogens with zero attached hydrogens (tertiary/aromatic N) is 1. The normalized spacial score (nSPS) is 16.7. The maximum absolute atomic E-state index is 13.5. The number of halogens is 4. The minimum absolute atomic E-state index is 0.234. The minimum Gasteiger partial charge on any atom is -0.369 e. The second kappa shape index (κ2) is 11.7. The first-order chi connectivity index (χ1) is 18.5. The lowest BCUT2D eigenvalue weighted by atomic mass is 9.81. The van der Waals surface area contributed by atoms with Gasteiger partial charge in [0.15, 0.2) is 0 Å². The maximum Gasteiger partial charge on any atom is 0.389 e. The Morgan fingerprint density at radius 3 is 2.26 bits per heavy atom. The number of para-hydroxylation sites is 1. The van der Waals surface area contributed by atoms with Crippen molar-refractivity contribution in [2.24, 2.45) is 16.6 Å². The molecule has 0 saturated heterocycles. The SMILES string of the molecule is NC(=O)C(c1ccccc1)C(CCC(F)(F)F)C(=O)N[C@H]1N=C(c2ccccc2)c2cccc(Cl)c2NC1=O. The highest BCUT2D eigenvalue weighted by molar-refractivity contribution is 6.36. The molecule has 1 aliphatic heterocycles. The van der Waals surface area contributed by atoms with Crippen molar-refractivity contribution in [2.45, 2.75) is 31.1 Å². The summed E-state index contributed by atoms with van der Waals surface area (Å²) in [4.78, 5) is 43.7. The second-order valence-corrected chi connectivity index (χ2v) is 9.36. The summed E-state index contributed by atoms with van der Waals surface area (Å²) >= 11 is 6.35. The van der Waals surface area contributed by atoms with Crippen molar-refractivity contribution in [1.82, 2.24) is 5.32 Å². The van der Waals surface area contributed by atoms with Crippen LogP contribution in [0, 0.1) is 5.92 Å². The Morgan fingerprint density at radius 1 is 1.00 bits per heavy atom. The molecule has 0 aromatic heterocycles. The number of anilines is 1. The van der Waals surface area contributed by atoms with E-state index in [1.165, 1.54) is 12.1 Å². The Kier molecular flexibility index (Phi) is 8.35. The van der Waals surface area contributed by atoms with E-state index in [1.54, 1.807) is 66.7 Å². The fraction of sp³-hybridized carbons (Fsp3) is 0.214. The first-order valence-corrected chi connectivity index (χ1v) is 12.4. The highest BCUT2D eigenvalue weighted by atomic mass is 35.5. The van der Waals surface area contributed by atoms with Gasteiger partial charge in [-0.25, -0.2) is 4.99 Å². The van der Waals surface area contributed by atoms with Gasteiger partial charge in [-0.05, 0) is 18.1 Å². The molecule has 0 spiro atoms. The summed E-state index contributed by atoms with van der Waals surface area (Å²) < 4.78 is 39.6. The van der Waals surface area contributed by atoms with Crippen LogP contribution in [0.2, 0.25) is 5.02 Å². The van der Waals surface area contributed by atoms with Crippen molar-refractivity contribution in [3.63, 3.8) is 0 Å². The molecule has 0 fully saturated rings. The second-order valence-electron chi connectivity index (χ2n) is 8.96. The smallest absolute Gasteiger partial charge is 0.369 e. The van der Waals surface area contributed by atoms with Crippen LogP contribution in [0.4, 0.5) is 18.9 Å². The van der Waals surface area contributed by atoms with Crippen molar-refractivity contribution < 1.29 is 27.6 Å². The molecule has 0 bridgehead atoms. The van der Waals surface area contributed by atoms with Crippen molar-refractivity contribution in [3.05, 3.63) is 101 Å². The minimum atomic E-state index is -4.59. The molecule has 0 radical (unpaired) electrons. The van der Waals surface area contributed by atoms with Crippen molar-refractivity contribution in [1.29, 1.82) is 0 Å². The number of alkyl halides is 3. The third-order valence-electron chi connectivity index (χ3n) is 6.29. The molecule has 3 aromatic carbocycles. The fourth-order valence-corrected chi connectivity index (χ4v) is 4.71. The fourth-order valence-electron chi connectivity index (χ4n) is 4.49. The lowest BCUT2D eigenvalue weighted by molar-refractivity contribution is -0.144. The maximum atomic E-state index is 13.5. The molecule has 202 valence electrons. The van der Waals surface area contributed by atoms with Gasteiger partial charge in [0.2, 0.25) is 18.0 Å². The zero-order valence-electron chi connectivity index (χ0n) is 20.4. The van der Waals surface area contributed by atoms with E-state index in [0.717, 1.165) is 0 Å². The van der Waals surface area contributed by atoms with Crippen LogP contribution in [0.1, 0.15) is 35.4 Å². The van der Waals surface area contributed by atoms with Crippen LogP contribution in [0.3, 0.4) is 0 Å². The molecular weight excluding hydrogens is 533 g/mol. The number of amides is 3. The monoisotopic (exact) mass is 556 g/mol. The van der Waals surface area contributed by atoms with Crippen LogP contribution in [0.15, 0.2) is 83.9 Å². The van der Waals surface area contributed by atoms with Gasteiger partial charge in [-0.2, -0.15) is 13.2 Å².